The van der Waals surface area contributed by atoms with Crippen LogP contribution in [0.25, 0.3) is 0 Å². The maximum absolute atomic E-state index is 13.4. The van der Waals surface area contributed by atoms with Gasteiger partial charge in [-0.1, -0.05) is 23.7 Å². The van der Waals surface area contributed by atoms with Gasteiger partial charge >= 0.3 is 5.97 Å². The molecule has 0 aromatic heterocycles. The average molecular weight is 304 g/mol. The van der Waals surface area contributed by atoms with E-state index in [1.54, 1.807) is 23.9 Å². The molecule has 0 amide bonds. The Morgan fingerprint density at radius 1 is 1.58 bits per heavy atom. The van der Waals surface area contributed by atoms with Crippen molar-refractivity contribution in [3.63, 3.8) is 0 Å². The summed E-state index contributed by atoms with van der Waals surface area (Å²) in [4.78, 5) is 12.9. The van der Waals surface area contributed by atoms with Crippen LogP contribution in [0.15, 0.2) is 18.2 Å². The highest BCUT2D eigenvalue weighted by atomic mass is 35.5. The molecule has 3 nitrogen and oxygen atoms in total. The van der Waals surface area contributed by atoms with Gasteiger partial charge in [0.25, 0.3) is 0 Å². The molecule has 1 aliphatic rings. The van der Waals surface area contributed by atoms with Crippen LogP contribution in [-0.4, -0.2) is 40.1 Å². The Labute approximate surface area is 120 Å². The maximum atomic E-state index is 13.4. The summed E-state index contributed by atoms with van der Waals surface area (Å²) in [5.41, 5.74) is 0.712. The van der Waals surface area contributed by atoms with Crippen LogP contribution in [0.2, 0.25) is 5.02 Å². The van der Waals surface area contributed by atoms with Gasteiger partial charge in [0.15, 0.2) is 0 Å². The van der Waals surface area contributed by atoms with Crippen LogP contribution in [0.1, 0.15) is 12.0 Å². The first kappa shape index (κ1) is 14.6. The number of hydrogen-bond acceptors (Lipinski definition) is 3. The molecule has 2 rings (SSSR count). The van der Waals surface area contributed by atoms with Crippen molar-refractivity contribution < 1.29 is 14.3 Å². The number of benzene rings is 1. The van der Waals surface area contributed by atoms with Crippen molar-refractivity contribution in [3.05, 3.63) is 34.6 Å². The monoisotopic (exact) mass is 303 g/mol. The topological polar surface area (TPSA) is 40.5 Å². The summed E-state index contributed by atoms with van der Waals surface area (Å²) < 4.78 is 13.4. The molecule has 104 valence electrons. The highest BCUT2D eigenvalue weighted by Crippen LogP contribution is 2.25. The van der Waals surface area contributed by atoms with Crippen LogP contribution in [0.5, 0.6) is 0 Å². The standard InChI is InChI=1S/C13H15ClFNO2S/c14-13-9(2-1-3-11(13)15)7-16-4-5-19-8-10(16)6-12(17)18/h1-3,10H,4-8H2,(H,17,18). The molecule has 1 fully saturated rings. The molecule has 1 atom stereocenters. The zero-order valence-corrected chi connectivity index (χ0v) is 11.9. The fourth-order valence-electron chi connectivity index (χ4n) is 2.18. The van der Waals surface area contributed by atoms with Crippen LogP contribution in [0.4, 0.5) is 4.39 Å². The third-order valence-electron chi connectivity index (χ3n) is 3.16. The number of nitrogens with zero attached hydrogens (tertiary/aromatic N) is 1. The Bertz CT molecular complexity index is 472. The molecule has 1 unspecified atom stereocenters. The molecular weight excluding hydrogens is 289 g/mol. The van der Waals surface area contributed by atoms with Crippen LogP contribution < -0.4 is 0 Å². The third kappa shape index (κ3) is 3.84. The SMILES string of the molecule is O=C(O)CC1CSCCN1Cc1cccc(F)c1Cl. The van der Waals surface area contributed by atoms with Crippen LogP contribution in [0, 0.1) is 5.82 Å². The van der Waals surface area contributed by atoms with Gasteiger partial charge in [-0.2, -0.15) is 11.8 Å². The Morgan fingerprint density at radius 3 is 3.11 bits per heavy atom. The second kappa shape index (κ2) is 6.59. The van der Waals surface area contributed by atoms with Gasteiger partial charge in [0.1, 0.15) is 5.82 Å². The Hall–Kier alpha value is -0.780. The molecule has 0 radical (unpaired) electrons. The largest absolute Gasteiger partial charge is 0.481 e. The minimum Gasteiger partial charge on any atom is -0.481 e. The molecule has 1 aromatic rings. The van der Waals surface area contributed by atoms with E-state index in [1.807, 2.05) is 0 Å². The van der Waals surface area contributed by atoms with E-state index in [-0.39, 0.29) is 17.5 Å². The van der Waals surface area contributed by atoms with Crippen molar-refractivity contribution in [2.45, 2.75) is 19.0 Å². The van der Waals surface area contributed by atoms with Gasteiger partial charge in [0, 0.05) is 30.6 Å². The van der Waals surface area contributed by atoms with Crippen molar-refractivity contribution in [1.82, 2.24) is 4.90 Å². The lowest BCUT2D eigenvalue weighted by atomic mass is 10.1. The quantitative estimate of drug-likeness (QED) is 0.928. The van der Waals surface area contributed by atoms with E-state index in [9.17, 15) is 9.18 Å². The van der Waals surface area contributed by atoms with Crippen molar-refractivity contribution in [1.29, 1.82) is 0 Å². The Morgan fingerprint density at radius 2 is 2.37 bits per heavy atom. The predicted molar refractivity (Wildman–Crippen MR) is 75.2 cm³/mol. The summed E-state index contributed by atoms with van der Waals surface area (Å²) in [7, 11) is 0. The summed E-state index contributed by atoms with van der Waals surface area (Å²) in [6.07, 6.45) is 0.111. The minimum absolute atomic E-state index is 0.0180. The van der Waals surface area contributed by atoms with Crippen molar-refractivity contribution in [2.24, 2.45) is 0 Å². The minimum atomic E-state index is -0.803. The van der Waals surface area contributed by atoms with E-state index in [0.29, 0.717) is 12.1 Å². The van der Waals surface area contributed by atoms with E-state index >= 15 is 0 Å². The first-order chi connectivity index (χ1) is 9.08. The van der Waals surface area contributed by atoms with Gasteiger partial charge in [-0.3, -0.25) is 9.69 Å². The highest BCUT2D eigenvalue weighted by molar-refractivity contribution is 7.99. The lowest BCUT2D eigenvalue weighted by Crippen LogP contribution is -2.43. The van der Waals surface area contributed by atoms with E-state index in [1.165, 1.54) is 6.07 Å². The van der Waals surface area contributed by atoms with Gasteiger partial charge in [-0.05, 0) is 11.6 Å². The zero-order valence-electron chi connectivity index (χ0n) is 10.3. The molecule has 1 N–H and O–H groups in total. The van der Waals surface area contributed by atoms with E-state index in [2.05, 4.69) is 4.90 Å². The van der Waals surface area contributed by atoms with E-state index in [0.717, 1.165) is 18.1 Å². The smallest absolute Gasteiger partial charge is 0.304 e. The fourth-order valence-corrected chi connectivity index (χ4v) is 3.49. The number of carbonyl (C=O) groups is 1. The number of hydrogen-bond donors (Lipinski definition) is 1. The number of carboxylic acids is 1. The molecule has 1 aromatic carbocycles. The molecular formula is C13H15ClFNO2S. The normalized spacial score (nSPS) is 20.4. The number of carboxylic acid groups (broad SMARTS) is 1. The lowest BCUT2D eigenvalue weighted by Gasteiger charge is -2.34. The average Bonchev–Trinajstić information content (AvgIpc) is 2.36. The number of halogens is 2. The molecule has 19 heavy (non-hydrogen) atoms. The van der Waals surface area contributed by atoms with E-state index in [4.69, 9.17) is 16.7 Å². The lowest BCUT2D eigenvalue weighted by molar-refractivity contribution is -0.138. The molecule has 0 spiro atoms. The fraction of sp³-hybridized carbons (Fsp3) is 0.462. The summed E-state index contributed by atoms with van der Waals surface area (Å²) in [6.45, 7) is 1.30. The predicted octanol–water partition coefficient (Wildman–Crippen LogP) is 2.87. The summed E-state index contributed by atoms with van der Waals surface area (Å²) in [6, 6.07) is 4.72. The number of rotatable bonds is 4. The Kier molecular flexibility index (Phi) is 5.07. The molecule has 0 saturated carbocycles. The first-order valence-electron chi connectivity index (χ1n) is 6.04. The van der Waals surface area contributed by atoms with Crippen molar-refractivity contribution >= 4 is 29.3 Å². The van der Waals surface area contributed by atoms with Gasteiger partial charge in [0.2, 0.25) is 0 Å². The second-order valence-corrected chi connectivity index (χ2v) is 6.04. The number of aliphatic carboxylic acids is 1. The van der Waals surface area contributed by atoms with Gasteiger partial charge in [-0.25, -0.2) is 4.39 Å². The van der Waals surface area contributed by atoms with Crippen LogP contribution in [0.3, 0.4) is 0 Å². The summed E-state index contributed by atoms with van der Waals surface area (Å²) in [5, 5.41) is 9.06. The third-order valence-corrected chi connectivity index (χ3v) is 4.68. The molecule has 0 aliphatic carbocycles. The zero-order chi connectivity index (χ0) is 13.8. The van der Waals surface area contributed by atoms with E-state index < -0.39 is 11.8 Å². The van der Waals surface area contributed by atoms with Crippen LogP contribution >= 0.6 is 23.4 Å². The van der Waals surface area contributed by atoms with Crippen molar-refractivity contribution in [2.75, 3.05) is 18.1 Å². The molecule has 1 aliphatic heterocycles. The summed E-state index contributed by atoms with van der Waals surface area (Å²) in [5.74, 6) is 0.519. The molecule has 0 bridgehead atoms. The molecule has 1 saturated heterocycles. The van der Waals surface area contributed by atoms with Crippen molar-refractivity contribution in [3.8, 4) is 0 Å². The number of thioether (sulfide) groups is 1. The maximum Gasteiger partial charge on any atom is 0.304 e. The van der Waals surface area contributed by atoms with Crippen LogP contribution in [-0.2, 0) is 11.3 Å². The summed E-state index contributed by atoms with van der Waals surface area (Å²) >= 11 is 7.70. The Balaban J connectivity index is 2.10. The first-order valence-corrected chi connectivity index (χ1v) is 7.57. The van der Waals surface area contributed by atoms with Gasteiger partial charge < -0.3 is 5.11 Å². The second-order valence-electron chi connectivity index (χ2n) is 4.51. The van der Waals surface area contributed by atoms with Gasteiger partial charge in [-0.15, -0.1) is 0 Å². The van der Waals surface area contributed by atoms with Gasteiger partial charge in [0.05, 0.1) is 11.4 Å². The molecule has 1 heterocycles. The molecule has 6 heteroatoms. The highest BCUT2D eigenvalue weighted by Gasteiger charge is 2.25.